The highest BCUT2D eigenvalue weighted by molar-refractivity contribution is 5.88. The monoisotopic (exact) mass is 315 g/mol. The van der Waals surface area contributed by atoms with Crippen molar-refractivity contribution in [2.45, 2.75) is 59.3 Å². The van der Waals surface area contributed by atoms with Gasteiger partial charge in [-0.05, 0) is 25.3 Å². The molecule has 5 heteroatoms. The zero-order chi connectivity index (χ0) is 17.4. The summed E-state index contributed by atoms with van der Waals surface area (Å²) in [4.78, 5) is 19.0. The molecule has 0 aliphatic rings. The lowest BCUT2D eigenvalue weighted by atomic mass is 10.2. The predicted molar refractivity (Wildman–Crippen MR) is 87.3 cm³/mol. The van der Waals surface area contributed by atoms with Crippen LogP contribution in [0.1, 0.15) is 59.3 Å². The lowest BCUT2D eigenvalue weighted by molar-refractivity contribution is -0.910. The molecule has 0 aliphatic carbocycles. The summed E-state index contributed by atoms with van der Waals surface area (Å²) in [5.74, 6) is -2.80. The second-order valence-electron chi connectivity index (χ2n) is 5.84. The van der Waals surface area contributed by atoms with Crippen molar-refractivity contribution < 1.29 is 24.3 Å². The predicted octanol–water partition coefficient (Wildman–Crippen LogP) is 2.21. The number of unbranched alkanes of at least 4 members (excludes halogenated alkanes) is 3. The van der Waals surface area contributed by atoms with Gasteiger partial charge in [-0.25, -0.2) is 4.79 Å². The molecule has 0 rings (SSSR count). The van der Waals surface area contributed by atoms with Crippen molar-refractivity contribution in [1.82, 2.24) is 0 Å². The Morgan fingerprint density at radius 1 is 0.909 bits per heavy atom. The molecule has 22 heavy (non-hydrogen) atoms. The molecule has 0 aliphatic heterocycles. The van der Waals surface area contributed by atoms with Gasteiger partial charge in [-0.2, -0.15) is 0 Å². The van der Waals surface area contributed by atoms with Crippen LogP contribution in [0.15, 0.2) is 12.2 Å². The molecule has 0 spiro atoms. The van der Waals surface area contributed by atoms with Crippen molar-refractivity contribution in [2.24, 2.45) is 0 Å². The molecule has 1 N–H and O–H groups in total. The molecule has 0 aromatic rings. The van der Waals surface area contributed by atoms with Crippen molar-refractivity contribution in [3.05, 3.63) is 12.2 Å². The molecule has 5 nitrogen and oxygen atoms in total. The molecule has 0 saturated carbocycles. The Hall–Kier alpha value is -1.36. The van der Waals surface area contributed by atoms with Gasteiger partial charge in [0.25, 0.3) is 0 Å². The zero-order valence-electron chi connectivity index (χ0n) is 14.6. The van der Waals surface area contributed by atoms with Crippen LogP contribution in [0.2, 0.25) is 0 Å². The third-order valence-corrected chi connectivity index (χ3v) is 3.52. The van der Waals surface area contributed by atoms with Crippen molar-refractivity contribution in [2.75, 3.05) is 26.7 Å². The molecule has 0 aromatic heterocycles. The molecule has 130 valence electrons. The molecule has 0 radical (unpaired) electrons. The first-order chi connectivity index (χ1) is 10.3. The van der Waals surface area contributed by atoms with E-state index in [1.165, 1.54) is 62.6 Å². The van der Waals surface area contributed by atoms with Gasteiger partial charge in [0.1, 0.15) is 0 Å². The summed E-state index contributed by atoms with van der Waals surface area (Å²) in [6.07, 6.45) is 9.14. The van der Waals surface area contributed by atoms with Crippen molar-refractivity contribution >= 4 is 11.9 Å². The number of carbonyl (C=O) groups is 2. The number of carbonyl (C=O) groups excluding carboxylic acids is 1. The highest BCUT2D eigenvalue weighted by Crippen LogP contribution is 2.10. The molecule has 0 aromatic carbocycles. The van der Waals surface area contributed by atoms with Crippen LogP contribution in [-0.4, -0.2) is 48.2 Å². The first kappa shape index (κ1) is 22.9. The maximum atomic E-state index is 9.53. The van der Waals surface area contributed by atoms with Gasteiger partial charge in [0.15, 0.2) is 0 Å². The van der Waals surface area contributed by atoms with Crippen molar-refractivity contribution in [3.8, 4) is 0 Å². The van der Waals surface area contributed by atoms with Crippen LogP contribution in [-0.2, 0) is 9.59 Å². The van der Waals surface area contributed by atoms with Gasteiger partial charge >= 0.3 is 5.97 Å². The van der Waals surface area contributed by atoms with Crippen molar-refractivity contribution in [1.29, 1.82) is 0 Å². The number of quaternary nitrogens is 1. The summed E-state index contributed by atoms with van der Waals surface area (Å²) in [5.41, 5.74) is 0. The van der Waals surface area contributed by atoms with Gasteiger partial charge in [-0.15, -0.1) is 0 Å². The smallest absolute Gasteiger partial charge is 0.328 e. The van der Waals surface area contributed by atoms with Gasteiger partial charge in [0, 0.05) is 6.08 Å². The number of aliphatic carboxylic acids is 2. The molecular formula is C17H33NO4. The van der Waals surface area contributed by atoms with E-state index in [2.05, 4.69) is 27.8 Å². The van der Waals surface area contributed by atoms with E-state index in [1.807, 2.05) is 0 Å². The highest BCUT2D eigenvalue weighted by Gasteiger charge is 2.18. The molecule has 0 heterocycles. The maximum Gasteiger partial charge on any atom is 0.328 e. The highest BCUT2D eigenvalue weighted by atomic mass is 16.4. The summed E-state index contributed by atoms with van der Waals surface area (Å²) >= 11 is 0. The van der Waals surface area contributed by atoms with Crippen LogP contribution in [0.3, 0.4) is 0 Å². The number of carboxylic acids is 2. The Labute approximate surface area is 135 Å². The third kappa shape index (κ3) is 16.7. The van der Waals surface area contributed by atoms with Crippen LogP contribution < -0.4 is 5.11 Å². The number of carboxylic acid groups (broad SMARTS) is 2. The Morgan fingerprint density at radius 3 is 1.45 bits per heavy atom. The van der Waals surface area contributed by atoms with E-state index >= 15 is 0 Å². The van der Waals surface area contributed by atoms with Crippen LogP contribution in [0.5, 0.6) is 0 Å². The fourth-order valence-corrected chi connectivity index (χ4v) is 2.09. The van der Waals surface area contributed by atoms with E-state index in [4.69, 9.17) is 5.11 Å². The summed E-state index contributed by atoms with van der Waals surface area (Å²) in [6, 6.07) is 0. The molecule has 0 amide bonds. The molecule has 0 saturated heterocycles. The standard InChI is InChI=1S/C13H30N.C4H4O4/c1-5-8-11-14(4,12-9-6-2)13-10-7-3;5-3(6)1-2-4(7)8/h5-13H2,1-4H3;1-2H,(H,5,6)(H,7,8)/q+1;/p-1/b;2-1-. The topological polar surface area (TPSA) is 77.4 Å². The Bertz CT molecular complexity index is 289. The minimum atomic E-state index is -1.51. The van der Waals surface area contributed by atoms with Crippen LogP contribution in [0.25, 0.3) is 0 Å². The average molecular weight is 315 g/mol. The summed E-state index contributed by atoms with van der Waals surface area (Å²) in [6.45, 7) is 11.0. The average Bonchev–Trinajstić information content (AvgIpc) is 2.48. The fourth-order valence-electron chi connectivity index (χ4n) is 2.09. The zero-order valence-corrected chi connectivity index (χ0v) is 14.6. The Balaban J connectivity index is 0. The molecule has 0 atom stereocenters. The summed E-state index contributed by atoms with van der Waals surface area (Å²) in [7, 11) is 2.45. The Morgan fingerprint density at radius 2 is 1.27 bits per heavy atom. The maximum absolute atomic E-state index is 9.53. The van der Waals surface area contributed by atoms with E-state index in [0.717, 1.165) is 0 Å². The van der Waals surface area contributed by atoms with Gasteiger partial charge in [-0.3, -0.25) is 0 Å². The largest absolute Gasteiger partial charge is 0.545 e. The summed E-state index contributed by atoms with van der Waals surface area (Å²) in [5, 5.41) is 17.2. The van der Waals surface area contributed by atoms with Crippen LogP contribution in [0.4, 0.5) is 0 Å². The van der Waals surface area contributed by atoms with E-state index in [0.29, 0.717) is 12.2 Å². The molecule has 0 fully saturated rings. The number of nitrogens with zero attached hydrogens (tertiary/aromatic N) is 1. The number of hydrogen-bond acceptors (Lipinski definition) is 3. The van der Waals surface area contributed by atoms with Crippen molar-refractivity contribution in [3.63, 3.8) is 0 Å². The van der Waals surface area contributed by atoms with Gasteiger partial charge in [-0.1, -0.05) is 40.0 Å². The first-order valence-electron chi connectivity index (χ1n) is 8.26. The second-order valence-corrected chi connectivity index (χ2v) is 5.84. The van der Waals surface area contributed by atoms with Gasteiger partial charge in [0.05, 0.1) is 32.7 Å². The fraction of sp³-hybridized carbons (Fsp3) is 0.765. The third-order valence-electron chi connectivity index (χ3n) is 3.52. The number of hydrogen-bond donors (Lipinski definition) is 1. The first-order valence-corrected chi connectivity index (χ1v) is 8.26. The number of rotatable bonds is 11. The van der Waals surface area contributed by atoms with Gasteiger partial charge in [0.2, 0.25) is 0 Å². The van der Waals surface area contributed by atoms with E-state index < -0.39 is 11.9 Å². The molecular weight excluding hydrogens is 282 g/mol. The van der Waals surface area contributed by atoms with E-state index in [-0.39, 0.29) is 0 Å². The Kier molecular flexibility index (Phi) is 15.2. The van der Waals surface area contributed by atoms with E-state index in [9.17, 15) is 14.7 Å². The molecule has 0 unspecified atom stereocenters. The van der Waals surface area contributed by atoms with E-state index in [1.54, 1.807) is 0 Å². The quantitative estimate of drug-likeness (QED) is 0.468. The second kappa shape index (κ2) is 14.6. The van der Waals surface area contributed by atoms with Crippen LogP contribution >= 0.6 is 0 Å². The summed E-state index contributed by atoms with van der Waals surface area (Å²) < 4.78 is 1.32. The lowest BCUT2D eigenvalue weighted by Crippen LogP contribution is -2.46. The minimum Gasteiger partial charge on any atom is -0.545 e. The minimum absolute atomic E-state index is 0.447. The lowest BCUT2D eigenvalue weighted by Gasteiger charge is -2.34. The normalized spacial score (nSPS) is 11.1. The van der Waals surface area contributed by atoms with Crippen LogP contribution in [0, 0.1) is 0 Å². The van der Waals surface area contributed by atoms with Gasteiger partial charge < -0.3 is 19.5 Å². The molecule has 0 bridgehead atoms. The SMILES string of the molecule is CCCC[N+](C)(CCCC)CCCC.O=C([O-])/C=C\C(=O)O.